The lowest BCUT2D eigenvalue weighted by Crippen LogP contribution is -2.28. The van der Waals surface area contributed by atoms with Crippen molar-refractivity contribution in [2.45, 2.75) is 38.2 Å². The van der Waals surface area contributed by atoms with Gasteiger partial charge in [-0.05, 0) is 58.2 Å². The Bertz CT molecular complexity index is 906. The molecule has 0 amide bonds. The van der Waals surface area contributed by atoms with E-state index in [1.165, 1.54) is 32.0 Å². The van der Waals surface area contributed by atoms with Crippen molar-refractivity contribution in [3.8, 4) is 0 Å². The van der Waals surface area contributed by atoms with E-state index in [1.54, 1.807) is 0 Å². The highest BCUT2D eigenvalue weighted by Gasteiger charge is 2.24. The van der Waals surface area contributed by atoms with Crippen molar-refractivity contribution in [1.29, 1.82) is 0 Å². The van der Waals surface area contributed by atoms with Gasteiger partial charge in [-0.3, -0.25) is 0 Å². The third-order valence-electron chi connectivity index (χ3n) is 4.96. The SMILES string of the molecule is CC(O)C1CCC=c2ccc3c(c21)CC=c1ccccc1=3. The second kappa shape index (κ2) is 4.85. The maximum absolute atomic E-state index is 10.2. The van der Waals surface area contributed by atoms with E-state index in [1.807, 2.05) is 6.92 Å². The number of aliphatic hydroxyl groups is 1. The third kappa shape index (κ3) is 1.96. The fourth-order valence-corrected chi connectivity index (χ4v) is 3.95. The molecule has 0 saturated heterocycles. The molecule has 1 N–H and O–H groups in total. The number of hydrogen-bond donors (Lipinski definition) is 1. The fraction of sp³-hybridized carbons (Fsp3) is 0.300. The van der Waals surface area contributed by atoms with E-state index in [-0.39, 0.29) is 12.0 Å². The van der Waals surface area contributed by atoms with Gasteiger partial charge < -0.3 is 5.11 Å². The Morgan fingerprint density at radius 3 is 2.71 bits per heavy atom. The summed E-state index contributed by atoms with van der Waals surface area (Å²) in [6.45, 7) is 1.93. The molecule has 0 saturated carbocycles. The molecule has 0 spiro atoms. The Kier molecular flexibility index (Phi) is 2.97. The van der Waals surface area contributed by atoms with Gasteiger partial charge in [0.1, 0.15) is 0 Å². The predicted octanol–water partition coefficient (Wildman–Crippen LogP) is 2.35. The Balaban J connectivity index is 2.15. The van der Waals surface area contributed by atoms with Gasteiger partial charge in [-0.1, -0.05) is 48.6 Å². The highest BCUT2D eigenvalue weighted by atomic mass is 16.3. The average molecular weight is 276 g/mol. The first-order chi connectivity index (χ1) is 10.3. The van der Waals surface area contributed by atoms with Crippen LogP contribution in [0.3, 0.4) is 0 Å². The van der Waals surface area contributed by atoms with Crippen molar-refractivity contribution in [2.24, 2.45) is 0 Å². The molecule has 0 aromatic heterocycles. The molecule has 2 atom stereocenters. The molecule has 1 heteroatoms. The number of fused-ring (bicyclic) bond motifs is 4. The number of benzene rings is 2. The Morgan fingerprint density at radius 2 is 1.86 bits per heavy atom. The fourth-order valence-electron chi connectivity index (χ4n) is 3.95. The standard InChI is InChI=1S/C20H20O/c1-13(21)16-8-4-6-15-10-11-18-17-7-3-2-5-14(17)9-12-19(18)20(15)16/h2-3,5-7,9-11,13,16,21H,4,8,12H2,1H3. The van der Waals surface area contributed by atoms with Gasteiger partial charge in [-0.25, -0.2) is 0 Å². The van der Waals surface area contributed by atoms with E-state index in [2.05, 4.69) is 48.6 Å². The molecule has 2 aromatic carbocycles. The van der Waals surface area contributed by atoms with Crippen molar-refractivity contribution in [2.75, 3.05) is 0 Å². The molecule has 1 nitrogen and oxygen atoms in total. The Labute approximate surface area is 124 Å². The van der Waals surface area contributed by atoms with Crippen LogP contribution in [0.5, 0.6) is 0 Å². The van der Waals surface area contributed by atoms with Crippen molar-refractivity contribution in [1.82, 2.24) is 0 Å². The van der Waals surface area contributed by atoms with Gasteiger partial charge in [0.2, 0.25) is 0 Å². The summed E-state index contributed by atoms with van der Waals surface area (Å²) in [4.78, 5) is 0. The lowest BCUT2D eigenvalue weighted by molar-refractivity contribution is 0.156. The van der Waals surface area contributed by atoms with Crippen LogP contribution in [0.2, 0.25) is 0 Å². The van der Waals surface area contributed by atoms with Gasteiger partial charge in [0.15, 0.2) is 0 Å². The third-order valence-corrected chi connectivity index (χ3v) is 4.96. The summed E-state index contributed by atoms with van der Waals surface area (Å²) in [6, 6.07) is 13.1. The quantitative estimate of drug-likeness (QED) is 0.847. The summed E-state index contributed by atoms with van der Waals surface area (Å²) in [5.74, 6) is 0.276. The minimum Gasteiger partial charge on any atom is -0.393 e. The summed E-state index contributed by atoms with van der Waals surface area (Å²) < 4.78 is 0. The molecule has 0 bridgehead atoms. The number of rotatable bonds is 1. The average Bonchev–Trinajstić information content (AvgIpc) is 2.53. The minimum atomic E-state index is -0.277. The van der Waals surface area contributed by atoms with E-state index >= 15 is 0 Å². The smallest absolute Gasteiger partial charge is 0.0581 e. The van der Waals surface area contributed by atoms with E-state index in [0.717, 1.165) is 19.3 Å². The van der Waals surface area contributed by atoms with Crippen LogP contribution >= 0.6 is 0 Å². The summed E-state index contributed by atoms with van der Waals surface area (Å²) in [6.07, 6.45) is 7.48. The maximum atomic E-state index is 10.2. The van der Waals surface area contributed by atoms with Crippen molar-refractivity contribution < 1.29 is 5.11 Å². The van der Waals surface area contributed by atoms with Gasteiger partial charge in [-0.2, -0.15) is 0 Å². The molecule has 0 radical (unpaired) electrons. The first kappa shape index (κ1) is 12.8. The maximum Gasteiger partial charge on any atom is 0.0581 e. The van der Waals surface area contributed by atoms with Gasteiger partial charge in [0, 0.05) is 5.92 Å². The highest BCUT2D eigenvalue weighted by molar-refractivity contribution is 5.49. The van der Waals surface area contributed by atoms with Crippen LogP contribution in [-0.2, 0) is 6.42 Å². The lowest BCUT2D eigenvalue weighted by atomic mass is 9.79. The normalized spacial score (nSPS) is 20.4. The molecule has 2 aliphatic carbocycles. The molecule has 2 aromatic rings. The molecule has 2 unspecified atom stereocenters. The highest BCUT2D eigenvalue weighted by Crippen LogP contribution is 2.30. The van der Waals surface area contributed by atoms with Crippen molar-refractivity contribution >= 4 is 12.2 Å². The Hall–Kier alpha value is -1.86. The van der Waals surface area contributed by atoms with Gasteiger partial charge in [0.05, 0.1) is 6.10 Å². The number of hydrogen-bond acceptors (Lipinski definition) is 1. The zero-order chi connectivity index (χ0) is 14.4. The first-order valence-electron chi connectivity index (χ1n) is 7.85. The zero-order valence-electron chi connectivity index (χ0n) is 12.3. The van der Waals surface area contributed by atoms with E-state index in [0.29, 0.717) is 0 Å². The molecule has 0 heterocycles. The molecule has 21 heavy (non-hydrogen) atoms. The molecule has 2 aliphatic rings. The summed E-state index contributed by atoms with van der Waals surface area (Å²) in [7, 11) is 0. The summed E-state index contributed by atoms with van der Waals surface area (Å²) in [5, 5.41) is 15.5. The van der Waals surface area contributed by atoms with Gasteiger partial charge in [0.25, 0.3) is 0 Å². The number of aliphatic hydroxyl groups excluding tert-OH is 1. The lowest BCUT2D eigenvalue weighted by Gasteiger charge is -2.27. The van der Waals surface area contributed by atoms with E-state index < -0.39 is 0 Å². The molecular weight excluding hydrogens is 256 g/mol. The van der Waals surface area contributed by atoms with Crippen LogP contribution in [0.25, 0.3) is 12.2 Å². The van der Waals surface area contributed by atoms with Crippen molar-refractivity contribution in [3.05, 3.63) is 68.4 Å². The molecule has 0 fully saturated rings. The van der Waals surface area contributed by atoms with Crippen LogP contribution in [-0.4, -0.2) is 11.2 Å². The van der Waals surface area contributed by atoms with Crippen LogP contribution in [0.4, 0.5) is 0 Å². The largest absolute Gasteiger partial charge is 0.393 e. The van der Waals surface area contributed by atoms with E-state index in [9.17, 15) is 5.11 Å². The van der Waals surface area contributed by atoms with Crippen LogP contribution < -0.4 is 10.4 Å². The zero-order valence-corrected chi connectivity index (χ0v) is 12.3. The Morgan fingerprint density at radius 1 is 1.00 bits per heavy atom. The van der Waals surface area contributed by atoms with Gasteiger partial charge in [-0.15, -0.1) is 0 Å². The molecule has 4 rings (SSSR count). The first-order valence-corrected chi connectivity index (χ1v) is 7.85. The van der Waals surface area contributed by atoms with Crippen molar-refractivity contribution in [3.63, 3.8) is 0 Å². The molecule has 0 aliphatic heterocycles. The second-order valence-corrected chi connectivity index (χ2v) is 6.22. The van der Waals surface area contributed by atoms with E-state index in [4.69, 9.17) is 0 Å². The van der Waals surface area contributed by atoms with Gasteiger partial charge >= 0.3 is 0 Å². The minimum absolute atomic E-state index is 0.276. The topological polar surface area (TPSA) is 20.2 Å². The summed E-state index contributed by atoms with van der Waals surface area (Å²) >= 11 is 0. The van der Waals surface area contributed by atoms with Crippen LogP contribution in [0.15, 0.2) is 36.4 Å². The molecule has 106 valence electrons. The monoisotopic (exact) mass is 276 g/mol. The van der Waals surface area contributed by atoms with Crippen LogP contribution in [0, 0.1) is 10.4 Å². The second-order valence-electron chi connectivity index (χ2n) is 6.22. The predicted molar refractivity (Wildman–Crippen MR) is 86.1 cm³/mol. The summed E-state index contributed by atoms with van der Waals surface area (Å²) in [5.41, 5.74) is 2.81. The van der Waals surface area contributed by atoms with Crippen LogP contribution in [0.1, 0.15) is 36.8 Å². The molecular formula is C20H20O.